The molecule has 0 aliphatic rings. The molecule has 2 aromatic rings. The van der Waals surface area contributed by atoms with Gasteiger partial charge in [-0.05, 0) is 38.0 Å². The van der Waals surface area contributed by atoms with Crippen LogP contribution in [0.2, 0.25) is 0 Å². The van der Waals surface area contributed by atoms with E-state index in [0.717, 1.165) is 11.1 Å². The maximum absolute atomic E-state index is 11.2. The Morgan fingerprint density at radius 3 is 2.59 bits per heavy atom. The van der Waals surface area contributed by atoms with E-state index in [4.69, 9.17) is 0 Å². The van der Waals surface area contributed by atoms with Crippen molar-refractivity contribution in [1.29, 1.82) is 0 Å². The van der Waals surface area contributed by atoms with Gasteiger partial charge in [-0.25, -0.2) is 0 Å². The van der Waals surface area contributed by atoms with Gasteiger partial charge in [-0.15, -0.1) is 0 Å². The first-order valence-electron chi connectivity index (χ1n) is 5.63. The van der Waals surface area contributed by atoms with Crippen LogP contribution in [-0.4, -0.2) is 15.6 Å². The normalized spacial score (nSPS) is 12.0. The second kappa shape index (κ2) is 3.62. The van der Waals surface area contributed by atoms with E-state index in [1.54, 1.807) is 13.8 Å². The van der Waals surface area contributed by atoms with Crippen molar-refractivity contribution in [1.82, 2.24) is 4.57 Å². The highest BCUT2D eigenvalue weighted by molar-refractivity contribution is 5.87. The van der Waals surface area contributed by atoms with Crippen LogP contribution in [0.4, 0.5) is 0 Å². The molecule has 90 valence electrons. The van der Waals surface area contributed by atoms with Gasteiger partial charge in [0.25, 0.3) is 0 Å². The Bertz CT molecular complexity index is 594. The number of carboxylic acids is 1. The van der Waals surface area contributed by atoms with E-state index in [1.807, 2.05) is 29.8 Å². The van der Waals surface area contributed by atoms with Gasteiger partial charge in [-0.3, -0.25) is 4.79 Å². The number of aromatic nitrogens is 1. The van der Waals surface area contributed by atoms with E-state index in [2.05, 4.69) is 13.1 Å². The third-order valence-electron chi connectivity index (χ3n) is 3.45. The fourth-order valence-corrected chi connectivity index (χ4v) is 2.10. The van der Waals surface area contributed by atoms with Gasteiger partial charge in [0, 0.05) is 24.1 Å². The fraction of sp³-hybridized carbons (Fsp3) is 0.357. The average molecular weight is 231 g/mol. The molecule has 0 radical (unpaired) electrons. The van der Waals surface area contributed by atoms with E-state index in [-0.39, 0.29) is 0 Å². The quantitative estimate of drug-likeness (QED) is 0.863. The minimum Gasteiger partial charge on any atom is -0.481 e. The molecule has 0 saturated heterocycles. The van der Waals surface area contributed by atoms with Gasteiger partial charge in [-0.1, -0.05) is 12.1 Å². The van der Waals surface area contributed by atoms with Gasteiger partial charge >= 0.3 is 5.97 Å². The highest BCUT2D eigenvalue weighted by Gasteiger charge is 2.29. The Morgan fingerprint density at radius 2 is 2.00 bits per heavy atom. The van der Waals surface area contributed by atoms with E-state index >= 15 is 0 Å². The minimum atomic E-state index is -0.855. The molecule has 0 atom stereocenters. The zero-order chi connectivity index (χ0) is 12.8. The lowest BCUT2D eigenvalue weighted by Crippen LogP contribution is -2.28. The van der Waals surface area contributed by atoms with Crippen LogP contribution in [-0.2, 0) is 17.3 Å². The molecule has 0 aliphatic carbocycles. The van der Waals surface area contributed by atoms with Crippen LogP contribution in [0.5, 0.6) is 0 Å². The van der Waals surface area contributed by atoms with Gasteiger partial charge in [0.1, 0.15) is 0 Å². The molecule has 1 N–H and O–H groups in total. The topological polar surface area (TPSA) is 42.2 Å². The highest BCUT2D eigenvalue weighted by Crippen LogP contribution is 2.28. The molecule has 0 aliphatic heterocycles. The van der Waals surface area contributed by atoms with Crippen molar-refractivity contribution in [2.45, 2.75) is 26.2 Å². The van der Waals surface area contributed by atoms with Crippen LogP contribution >= 0.6 is 0 Å². The summed E-state index contributed by atoms with van der Waals surface area (Å²) in [5.74, 6) is -0.803. The molecule has 2 rings (SSSR count). The molecule has 1 aromatic carbocycles. The van der Waals surface area contributed by atoms with Gasteiger partial charge < -0.3 is 9.67 Å². The zero-order valence-corrected chi connectivity index (χ0v) is 10.6. The van der Waals surface area contributed by atoms with E-state index < -0.39 is 11.4 Å². The fourth-order valence-electron chi connectivity index (χ4n) is 2.10. The van der Waals surface area contributed by atoms with Crippen molar-refractivity contribution in [2.75, 3.05) is 0 Å². The summed E-state index contributed by atoms with van der Waals surface area (Å²) in [6, 6.07) is 5.88. The van der Waals surface area contributed by atoms with Gasteiger partial charge in [0.2, 0.25) is 0 Å². The zero-order valence-electron chi connectivity index (χ0n) is 10.6. The second-order valence-corrected chi connectivity index (χ2v) is 5.09. The number of carbonyl (C=O) groups is 1. The van der Waals surface area contributed by atoms with Crippen molar-refractivity contribution in [3.63, 3.8) is 0 Å². The third kappa shape index (κ3) is 1.71. The van der Waals surface area contributed by atoms with Gasteiger partial charge in [0.05, 0.1) is 5.41 Å². The summed E-state index contributed by atoms with van der Waals surface area (Å²) in [6.45, 7) is 5.52. The van der Waals surface area contributed by atoms with E-state index in [1.165, 1.54) is 10.9 Å². The number of rotatable bonds is 2. The Hall–Kier alpha value is -1.77. The van der Waals surface area contributed by atoms with Crippen LogP contribution in [0, 0.1) is 6.92 Å². The number of nitrogens with zero attached hydrogens (tertiary/aromatic N) is 1. The number of aryl methyl sites for hydroxylation is 2. The lowest BCUT2D eigenvalue weighted by molar-refractivity contribution is -0.142. The van der Waals surface area contributed by atoms with Crippen molar-refractivity contribution in [3.8, 4) is 0 Å². The van der Waals surface area contributed by atoms with Crippen LogP contribution in [0.25, 0.3) is 10.9 Å². The number of hydrogen-bond acceptors (Lipinski definition) is 1. The minimum absolute atomic E-state index is 0.803. The predicted molar refractivity (Wildman–Crippen MR) is 68.3 cm³/mol. The summed E-state index contributed by atoms with van der Waals surface area (Å²) < 4.78 is 2.03. The molecular weight excluding hydrogens is 214 g/mol. The van der Waals surface area contributed by atoms with Crippen molar-refractivity contribution < 1.29 is 9.90 Å². The molecular formula is C14H17NO2. The van der Waals surface area contributed by atoms with Crippen molar-refractivity contribution in [3.05, 3.63) is 35.5 Å². The van der Waals surface area contributed by atoms with Crippen molar-refractivity contribution in [2.24, 2.45) is 7.05 Å². The number of hydrogen-bond donors (Lipinski definition) is 1. The first-order chi connectivity index (χ1) is 7.84. The van der Waals surface area contributed by atoms with Crippen LogP contribution < -0.4 is 0 Å². The molecule has 3 heteroatoms. The van der Waals surface area contributed by atoms with E-state index in [0.29, 0.717) is 0 Å². The number of fused-ring (bicyclic) bond motifs is 1. The molecule has 1 aromatic heterocycles. The van der Waals surface area contributed by atoms with Crippen LogP contribution in [0.3, 0.4) is 0 Å². The second-order valence-electron chi connectivity index (χ2n) is 5.09. The number of benzene rings is 1. The van der Waals surface area contributed by atoms with Crippen LogP contribution in [0.1, 0.15) is 25.0 Å². The van der Waals surface area contributed by atoms with E-state index in [9.17, 15) is 9.90 Å². The van der Waals surface area contributed by atoms with Crippen molar-refractivity contribution >= 4 is 16.9 Å². The largest absolute Gasteiger partial charge is 0.481 e. The summed E-state index contributed by atoms with van der Waals surface area (Å²) in [5.41, 5.74) is 2.27. The molecule has 17 heavy (non-hydrogen) atoms. The lowest BCUT2D eigenvalue weighted by Gasteiger charge is -2.19. The first-order valence-corrected chi connectivity index (χ1v) is 5.63. The van der Waals surface area contributed by atoms with Crippen LogP contribution in [0.15, 0.2) is 24.4 Å². The SMILES string of the molecule is Cc1cn(C)c2cc(C(C)(C)C(=O)O)ccc12. The monoisotopic (exact) mass is 231 g/mol. The molecule has 0 saturated carbocycles. The molecule has 0 fully saturated rings. The Kier molecular flexibility index (Phi) is 2.49. The molecule has 1 heterocycles. The highest BCUT2D eigenvalue weighted by atomic mass is 16.4. The maximum Gasteiger partial charge on any atom is 0.313 e. The summed E-state index contributed by atoms with van der Waals surface area (Å²) in [6.07, 6.45) is 2.06. The summed E-state index contributed by atoms with van der Waals surface area (Å²) >= 11 is 0. The Balaban J connectivity index is 2.67. The molecule has 0 spiro atoms. The molecule has 0 bridgehead atoms. The molecule has 0 unspecified atom stereocenters. The smallest absolute Gasteiger partial charge is 0.313 e. The molecule has 0 amide bonds. The average Bonchev–Trinajstić information content (AvgIpc) is 2.54. The summed E-state index contributed by atoms with van der Waals surface area (Å²) in [5, 5.41) is 10.4. The lowest BCUT2D eigenvalue weighted by atomic mass is 9.84. The Morgan fingerprint density at radius 1 is 1.35 bits per heavy atom. The predicted octanol–water partition coefficient (Wildman–Crippen LogP) is 2.85. The number of aliphatic carboxylic acids is 1. The Labute approximate surface area is 101 Å². The van der Waals surface area contributed by atoms with Gasteiger partial charge in [0.15, 0.2) is 0 Å². The first kappa shape index (κ1) is 11.7. The maximum atomic E-state index is 11.2. The summed E-state index contributed by atoms with van der Waals surface area (Å²) in [7, 11) is 1.98. The standard InChI is InChI=1S/C14H17NO2/c1-9-8-15(4)12-7-10(5-6-11(9)12)14(2,3)13(16)17/h5-8H,1-4H3,(H,16,17). The van der Waals surface area contributed by atoms with Gasteiger partial charge in [-0.2, -0.15) is 0 Å². The summed E-state index contributed by atoms with van der Waals surface area (Å²) in [4.78, 5) is 11.2. The molecule has 3 nitrogen and oxygen atoms in total. The third-order valence-corrected chi connectivity index (χ3v) is 3.45. The number of carboxylic acid groups (broad SMARTS) is 1.